The van der Waals surface area contributed by atoms with Crippen LogP contribution in [0.5, 0.6) is 5.75 Å². The molecule has 3 aromatic rings. The molecule has 0 spiro atoms. The van der Waals surface area contributed by atoms with Crippen molar-refractivity contribution in [3.05, 3.63) is 89.0 Å². The van der Waals surface area contributed by atoms with Crippen molar-refractivity contribution in [2.75, 3.05) is 6.61 Å². The molecule has 0 saturated heterocycles. The fraction of sp³-hybridized carbons (Fsp3) is 0.200. The van der Waals surface area contributed by atoms with E-state index in [-0.39, 0.29) is 30.3 Å². The van der Waals surface area contributed by atoms with Crippen LogP contribution < -0.4 is 5.32 Å². The Labute approximate surface area is 184 Å². The summed E-state index contributed by atoms with van der Waals surface area (Å²) in [5.74, 6) is -1.32. The Morgan fingerprint density at radius 2 is 1.59 bits per heavy atom. The minimum absolute atomic E-state index is 0.105. The van der Waals surface area contributed by atoms with Crippen LogP contribution >= 0.6 is 0 Å². The number of hydrogen-bond donors (Lipinski definition) is 4. The molecule has 32 heavy (non-hydrogen) atoms. The van der Waals surface area contributed by atoms with E-state index in [1.807, 2.05) is 48.5 Å². The van der Waals surface area contributed by atoms with Crippen LogP contribution in [0.3, 0.4) is 0 Å². The first-order chi connectivity index (χ1) is 15.5. The van der Waals surface area contributed by atoms with E-state index >= 15 is 0 Å². The van der Waals surface area contributed by atoms with E-state index in [0.717, 1.165) is 22.3 Å². The molecular formula is C25H23NO6. The summed E-state index contributed by atoms with van der Waals surface area (Å²) in [7, 11) is 0. The first kappa shape index (κ1) is 21.4. The molecule has 0 aromatic heterocycles. The normalized spacial score (nSPS) is 13.2. The fourth-order valence-corrected chi connectivity index (χ4v) is 4.16. The van der Waals surface area contributed by atoms with Gasteiger partial charge in [-0.3, -0.25) is 4.79 Å². The molecule has 1 atom stereocenters. The van der Waals surface area contributed by atoms with Gasteiger partial charge in [-0.25, -0.2) is 4.79 Å². The first-order valence-corrected chi connectivity index (χ1v) is 10.2. The molecule has 0 bridgehead atoms. The predicted octanol–water partition coefficient (Wildman–Crippen LogP) is 3.94. The molecule has 1 aliphatic rings. The third-order valence-corrected chi connectivity index (χ3v) is 5.69. The second-order valence-corrected chi connectivity index (χ2v) is 7.67. The number of phenols is 1. The highest BCUT2D eigenvalue weighted by molar-refractivity contribution is 5.79. The van der Waals surface area contributed by atoms with Crippen molar-refractivity contribution >= 4 is 12.1 Å². The van der Waals surface area contributed by atoms with E-state index < -0.39 is 24.7 Å². The number of alkyl carbamates (subject to hydrolysis) is 1. The maximum absolute atomic E-state index is 12.6. The summed E-state index contributed by atoms with van der Waals surface area (Å²) in [6.45, 7) is -0.304. The van der Waals surface area contributed by atoms with Gasteiger partial charge in [0.05, 0.1) is 19.1 Å². The molecule has 0 aliphatic heterocycles. The number of carbonyl (C=O) groups is 2. The first-order valence-electron chi connectivity index (χ1n) is 10.2. The van der Waals surface area contributed by atoms with Crippen LogP contribution in [-0.4, -0.2) is 34.0 Å². The minimum Gasteiger partial charge on any atom is -0.508 e. The lowest BCUT2D eigenvalue weighted by atomic mass is 9.98. The maximum Gasteiger partial charge on any atom is 0.407 e. The van der Waals surface area contributed by atoms with Crippen LogP contribution in [0.2, 0.25) is 0 Å². The van der Waals surface area contributed by atoms with Gasteiger partial charge in [0.15, 0.2) is 0 Å². The lowest BCUT2D eigenvalue weighted by molar-refractivity contribution is -0.137. The standard InChI is InChI=1S/C25H23NO6/c27-13-16-11-15(9-10-23(16)28)22(12-24(29)30)26-25(31)32-14-21-19-7-3-1-5-17(19)18-6-2-4-8-20(18)21/h1-11,21-22,27-28H,12-14H2,(H,26,31)(H,29,30). The number of carboxylic acids is 1. The zero-order chi connectivity index (χ0) is 22.7. The predicted molar refractivity (Wildman–Crippen MR) is 117 cm³/mol. The van der Waals surface area contributed by atoms with Crippen LogP contribution in [0.4, 0.5) is 4.79 Å². The summed E-state index contributed by atoms with van der Waals surface area (Å²) in [5, 5.41) is 31.0. The smallest absolute Gasteiger partial charge is 0.407 e. The van der Waals surface area contributed by atoms with Gasteiger partial charge in [0.2, 0.25) is 0 Å². The van der Waals surface area contributed by atoms with E-state index in [1.165, 1.54) is 18.2 Å². The summed E-state index contributed by atoms with van der Waals surface area (Å²) in [6.07, 6.45) is -1.11. The number of aliphatic carboxylic acids is 1. The van der Waals surface area contributed by atoms with Crippen LogP contribution in [0, 0.1) is 0 Å². The number of amides is 1. The molecule has 1 aliphatic carbocycles. The summed E-state index contributed by atoms with van der Waals surface area (Å²) >= 11 is 0. The highest BCUT2D eigenvalue weighted by Crippen LogP contribution is 2.44. The van der Waals surface area contributed by atoms with Gasteiger partial charge < -0.3 is 25.4 Å². The lowest BCUT2D eigenvalue weighted by Gasteiger charge is -2.20. The minimum atomic E-state index is -1.10. The molecule has 3 aromatic carbocycles. The number of carboxylic acid groups (broad SMARTS) is 1. The second kappa shape index (κ2) is 9.11. The van der Waals surface area contributed by atoms with Crippen molar-refractivity contribution in [2.24, 2.45) is 0 Å². The number of carbonyl (C=O) groups excluding carboxylic acids is 1. The summed E-state index contributed by atoms with van der Waals surface area (Å²) in [4.78, 5) is 23.9. The van der Waals surface area contributed by atoms with E-state index in [0.29, 0.717) is 5.56 Å². The number of aromatic hydroxyl groups is 1. The molecule has 1 unspecified atom stereocenters. The monoisotopic (exact) mass is 433 g/mol. The number of aliphatic hydroxyl groups excluding tert-OH is 1. The third kappa shape index (κ3) is 4.29. The molecule has 164 valence electrons. The van der Waals surface area contributed by atoms with Crippen LogP contribution in [0.25, 0.3) is 11.1 Å². The van der Waals surface area contributed by atoms with E-state index in [4.69, 9.17) is 4.74 Å². The molecule has 1 amide bonds. The largest absolute Gasteiger partial charge is 0.508 e. The van der Waals surface area contributed by atoms with Crippen molar-refractivity contribution in [3.8, 4) is 16.9 Å². The molecule has 4 N–H and O–H groups in total. The topological polar surface area (TPSA) is 116 Å². The zero-order valence-electron chi connectivity index (χ0n) is 17.2. The summed E-state index contributed by atoms with van der Waals surface area (Å²) in [5.41, 5.74) is 5.07. The van der Waals surface area contributed by atoms with Crippen LogP contribution in [0.1, 0.15) is 40.6 Å². The van der Waals surface area contributed by atoms with Crippen molar-refractivity contribution in [3.63, 3.8) is 0 Å². The quantitative estimate of drug-likeness (QED) is 0.449. The van der Waals surface area contributed by atoms with Crippen molar-refractivity contribution < 1.29 is 29.6 Å². The Hall–Kier alpha value is -3.84. The Morgan fingerprint density at radius 3 is 2.19 bits per heavy atom. The van der Waals surface area contributed by atoms with Crippen molar-refractivity contribution in [1.29, 1.82) is 0 Å². The number of fused-ring (bicyclic) bond motifs is 3. The molecule has 0 saturated carbocycles. The average molecular weight is 433 g/mol. The van der Waals surface area contributed by atoms with Crippen molar-refractivity contribution in [2.45, 2.75) is 25.0 Å². The van der Waals surface area contributed by atoms with Gasteiger partial charge in [0.1, 0.15) is 12.4 Å². The van der Waals surface area contributed by atoms with Gasteiger partial charge in [-0.2, -0.15) is 0 Å². The molecule has 4 rings (SSSR count). The molecule has 7 heteroatoms. The average Bonchev–Trinajstić information content (AvgIpc) is 3.11. The van der Waals surface area contributed by atoms with Crippen LogP contribution in [0.15, 0.2) is 66.7 Å². The molecule has 7 nitrogen and oxygen atoms in total. The van der Waals surface area contributed by atoms with Crippen LogP contribution in [-0.2, 0) is 16.1 Å². The van der Waals surface area contributed by atoms with E-state index in [2.05, 4.69) is 5.32 Å². The zero-order valence-corrected chi connectivity index (χ0v) is 17.2. The van der Waals surface area contributed by atoms with E-state index in [1.54, 1.807) is 0 Å². The lowest BCUT2D eigenvalue weighted by Crippen LogP contribution is -2.31. The highest BCUT2D eigenvalue weighted by atomic mass is 16.5. The Kier molecular flexibility index (Phi) is 6.09. The maximum atomic E-state index is 12.6. The molecule has 0 heterocycles. The number of rotatable bonds is 7. The van der Waals surface area contributed by atoms with E-state index in [9.17, 15) is 24.9 Å². The van der Waals surface area contributed by atoms with Crippen molar-refractivity contribution in [1.82, 2.24) is 5.32 Å². The fourth-order valence-electron chi connectivity index (χ4n) is 4.16. The third-order valence-electron chi connectivity index (χ3n) is 5.69. The van der Waals surface area contributed by atoms with Gasteiger partial charge in [-0.1, -0.05) is 54.6 Å². The Bertz CT molecular complexity index is 1110. The summed E-state index contributed by atoms with van der Waals surface area (Å²) < 4.78 is 5.51. The highest BCUT2D eigenvalue weighted by Gasteiger charge is 2.29. The molecule has 0 radical (unpaired) electrons. The van der Waals surface area contributed by atoms with Gasteiger partial charge in [-0.15, -0.1) is 0 Å². The Morgan fingerprint density at radius 1 is 0.969 bits per heavy atom. The molecular weight excluding hydrogens is 410 g/mol. The number of benzene rings is 3. The number of nitrogens with one attached hydrogen (secondary N) is 1. The summed E-state index contributed by atoms with van der Waals surface area (Å²) in [6, 6.07) is 19.4. The van der Waals surface area contributed by atoms with Gasteiger partial charge in [0.25, 0.3) is 0 Å². The van der Waals surface area contributed by atoms with Gasteiger partial charge in [-0.05, 0) is 39.9 Å². The number of aliphatic hydroxyl groups is 1. The second-order valence-electron chi connectivity index (χ2n) is 7.67. The number of ether oxygens (including phenoxy) is 1. The van der Waals surface area contributed by atoms with Gasteiger partial charge >= 0.3 is 12.1 Å². The van der Waals surface area contributed by atoms with Gasteiger partial charge in [0, 0.05) is 11.5 Å². The molecule has 0 fully saturated rings. The SMILES string of the molecule is O=C(O)CC(NC(=O)OCC1c2ccccc2-c2ccccc21)c1ccc(O)c(CO)c1. The number of hydrogen-bond acceptors (Lipinski definition) is 5. The Balaban J connectivity index is 1.49.